The summed E-state index contributed by atoms with van der Waals surface area (Å²) in [5.74, 6) is -0.673. The fourth-order valence-corrected chi connectivity index (χ4v) is 1.04. The summed E-state index contributed by atoms with van der Waals surface area (Å²) in [6.45, 7) is 1.68. The maximum absolute atomic E-state index is 13.0. The first-order valence-electron chi connectivity index (χ1n) is 3.82. The van der Waals surface area contributed by atoms with Crippen molar-refractivity contribution in [1.82, 2.24) is 0 Å². The molecule has 13 heavy (non-hydrogen) atoms. The van der Waals surface area contributed by atoms with Gasteiger partial charge in [-0.25, -0.2) is 13.2 Å². The van der Waals surface area contributed by atoms with Gasteiger partial charge in [0.05, 0.1) is 6.04 Å². The molecule has 0 spiro atoms. The molecule has 1 aromatic carbocycles. The molecule has 0 radical (unpaired) electrons. The molecule has 0 saturated heterocycles. The topological polar surface area (TPSA) is 26.0 Å². The number of halogens is 3. The molecule has 0 aliphatic rings. The molecule has 1 nitrogen and oxygen atoms in total. The minimum absolute atomic E-state index is 0.138. The molecule has 1 unspecified atom stereocenters. The van der Waals surface area contributed by atoms with Crippen molar-refractivity contribution in [2.24, 2.45) is 5.73 Å². The van der Waals surface area contributed by atoms with Crippen molar-refractivity contribution >= 4 is 0 Å². The van der Waals surface area contributed by atoms with Crippen LogP contribution in [0.15, 0.2) is 18.2 Å². The molecule has 72 valence electrons. The molecular weight excluding hydrogens is 179 g/mol. The molecule has 0 aromatic heterocycles. The Hall–Kier alpha value is -1.03. The highest BCUT2D eigenvalue weighted by atomic mass is 19.3. The summed E-state index contributed by atoms with van der Waals surface area (Å²) in [5.41, 5.74) is 5.64. The third-order valence-electron chi connectivity index (χ3n) is 1.79. The summed E-state index contributed by atoms with van der Waals surface area (Å²) in [6, 6.07) is 2.50. The van der Waals surface area contributed by atoms with Gasteiger partial charge in [0.1, 0.15) is 5.82 Å². The van der Waals surface area contributed by atoms with Crippen molar-refractivity contribution in [3.8, 4) is 0 Å². The van der Waals surface area contributed by atoms with Gasteiger partial charge >= 0.3 is 0 Å². The second kappa shape index (κ2) is 3.79. The van der Waals surface area contributed by atoms with E-state index in [0.29, 0.717) is 5.56 Å². The first-order valence-corrected chi connectivity index (χ1v) is 3.82. The first-order chi connectivity index (χ1) is 6.02. The Balaban J connectivity index is 3.01. The van der Waals surface area contributed by atoms with E-state index in [1.54, 1.807) is 13.0 Å². The van der Waals surface area contributed by atoms with Crippen molar-refractivity contribution < 1.29 is 13.2 Å². The maximum Gasteiger partial charge on any atom is 0.257 e. The second-order valence-corrected chi connectivity index (χ2v) is 2.89. The van der Waals surface area contributed by atoms with Crippen LogP contribution in [0.2, 0.25) is 0 Å². The molecule has 0 aliphatic carbocycles. The zero-order chi connectivity index (χ0) is 10.0. The number of alkyl halides is 2. The predicted octanol–water partition coefficient (Wildman–Crippen LogP) is 2.40. The third-order valence-corrected chi connectivity index (χ3v) is 1.79. The lowest BCUT2D eigenvalue weighted by Gasteiger charge is -2.11. The van der Waals surface area contributed by atoms with Gasteiger partial charge in [-0.15, -0.1) is 0 Å². The lowest BCUT2D eigenvalue weighted by molar-refractivity contribution is 0.115. The molecule has 0 saturated carbocycles. The van der Waals surface area contributed by atoms with Crippen LogP contribution in [0, 0.1) is 12.7 Å². The number of rotatable bonds is 2. The van der Waals surface area contributed by atoms with Crippen LogP contribution in [0.4, 0.5) is 13.2 Å². The molecule has 2 N–H and O–H groups in total. The van der Waals surface area contributed by atoms with Crippen molar-refractivity contribution in [1.29, 1.82) is 0 Å². The quantitative estimate of drug-likeness (QED) is 0.759. The van der Waals surface area contributed by atoms with Crippen LogP contribution in [-0.4, -0.2) is 6.43 Å². The van der Waals surface area contributed by atoms with Crippen molar-refractivity contribution in [3.63, 3.8) is 0 Å². The Morgan fingerprint density at radius 2 is 1.92 bits per heavy atom. The smallest absolute Gasteiger partial charge is 0.257 e. The van der Waals surface area contributed by atoms with Crippen molar-refractivity contribution in [3.05, 3.63) is 35.1 Å². The lowest BCUT2D eigenvalue weighted by atomic mass is 10.1. The molecule has 0 bridgehead atoms. The first kappa shape index (κ1) is 10.1. The summed E-state index contributed by atoms with van der Waals surface area (Å²) < 4.78 is 37.3. The number of nitrogens with two attached hydrogens (primary N) is 1. The van der Waals surface area contributed by atoms with Crippen LogP contribution in [0.1, 0.15) is 17.2 Å². The number of benzene rings is 1. The lowest BCUT2D eigenvalue weighted by Crippen LogP contribution is -2.20. The van der Waals surface area contributed by atoms with Crippen molar-refractivity contribution in [2.75, 3.05) is 0 Å². The summed E-state index contributed by atoms with van der Waals surface area (Å²) in [4.78, 5) is 0. The average molecular weight is 189 g/mol. The van der Waals surface area contributed by atoms with Gasteiger partial charge in [-0.05, 0) is 18.6 Å². The fourth-order valence-electron chi connectivity index (χ4n) is 1.04. The zero-order valence-corrected chi connectivity index (χ0v) is 7.10. The molecule has 1 rings (SSSR count). The Bertz CT molecular complexity index is 299. The largest absolute Gasteiger partial charge is 0.319 e. The van der Waals surface area contributed by atoms with Gasteiger partial charge in [-0.3, -0.25) is 0 Å². The standard InChI is InChI=1S/C9H10F3N/c1-5-2-3-6(7(10)4-5)8(13)9(11)12/h2-4,8-9H,13H2,1H3. The van der Waals surface area contributed by atoms with E-state index >= 15 is 0 Å². The minimum atomic E-state index is -2.74. The number of hydrogen-bond acceptors (Lipinski definition) is 1. The van der Waals surface area contributed by atoms with E-state index in [4.69, 9.17) is 5.73 Å². The Morgan fingerprint density at radius 1 is 1.31 bits per heavy atom. The van der Waals surface area contributed by atoms with Gasteiger partial charge in [0.15, 0.2) is 0 Å². The van der Waals surface area contributed by atoms with Gasteiger partial charge in [0.25, 0.3) is 6.43 Å². The van der Waals surface area contributed by atoms with E-state index in [9.17, 15) is 13.2 Å². The van der Waals surface area contributed by atoms with E-state index in [1.165, 1.54) is 12.1 Å². The monoisotopic (exact) mass is 189 g/mol. The van der Waals surface area contributed by atoms with Gasteiger partial charge in [-0.1, -0.05) is 12.1 Å². The second-order valence-electron chi connectivity index (χ2n) is 2.89. The van der Waals surface area contributed by atoms with Crippen molar-refractivity contribution in [2.45, 2.75) is 19.4 Å². The van der Waals surface area contributed by atoms with E-state index in [2.05, 4.69) is 0 Å². The van der Waals surface area contributed by atoms with E-state index in [0.717, 1.165) is 0 Å². The Kier molecular flexibility index (Phi) is 2.93. The van der Waals surface area contributed by atoms with Gasteiger partial charge in [0.2, 0.25) is 0 Å². The summed E-state index contributed by atoms with van der Waals surface area (Å²) in [6.07, 6.45) is -2.74. The SMILES string of the molecule is Cc1ccc(C(N)C(F)F)c(F)c1. The van der Waals surface area contributed by atoms with Crippen LogP contribution in [0.25, 0.3) is 0 Å². The summed E-state index contributed by atoms with van der Waals surface area (Å²) in [5, 5.41) is 0. The molecule has 0 aliphatic heterocycles. The molecule has 4 heteroatoms. The fraction of sp³-hybridized carbons (Fsp3) is 0.333. The van der Waals surface area contributed by atoms with Crippen LogP contribution < -0.4 is 5.73 Å². The highest BCUT2D eigenvalue weighted by molar-refractivity contribution is 5.26. The highest BCUT2D eigenvalue weighted by Crippen LogP contribution is 2.21. The number of aryl methyl sites for hydroxylation is 1. The highest BCUT2D eigenvalue weighted by Gasteiger charge is 2.20. The van der Waals surface area contributed by atoms with Gasteiger partial charge < -0.3 is 5.73 Å². The molecule has 1 aromatic rings. The van der Waals surface area contributed by atoms with Crippen LogP contribution in [0.5, 0.6) is 0 Å². The summed E-state index contributed by atoms with van der Waals surface area (Å²) >= 11 is 0. The maximum atomic E-state index is 13.0. The predicted molar refractivity (Wildman–Crippen MR) is 44.1 cm³/mol. The molecule has 0 fully saturated rings. The third kappa shape index (κ3) is 2.21. The van der Waals surface area contributed by atoms with Crippen LogP contribution >= 0.6 is 0 Å². The molecular formula is C9H10F3N. The van der Waals surface area contributed by atoms with E-state index < -0.39 is 18.3 Å². The molecule has 0 heterocycles. The van der Waals surface area contributed by atoms with Gasteiger partial charge in [0, 0.05) is 5.56 Å². The Labute approximate surface area is 74.4 Å². The normalized spacial score (nSPS) is 13.4. The van der Waals surface area contributed by atoms with Crippen LogP contribution in [-0.2, 0) is 0 Å². The zero-order valence-electron chi connectivity index (χ0n) is 7.10. The van der Waals surface area contributed by atoms with E-state index in [1.807, 2.05) is 0 Å². The van der Waals surface area contributed by atoms with Gasteiger partial charge in [-0.2, -0.15) is 0 Å². The van der Waals surface area contributed by atoms with E-state index in [-0.39, 0.29) is 5.56 Å². The number of hydrogen-bond donors (Lipinski definition) is 1. The average Bonchev–Trinajstić information content (AvgIpc) is 2.03. The minimum Gasteiger partial charge on any atom is -0.319 e. The summed E-state index contributed by atoms with van der Waals surface area (Å²) in [7, 11) is 0. The molecule has 1 atom stereocenters. The molecule has 0 amide bonds. The Morgan fingerprint density at radius 3 is 2.38 bits per heavy atom. The van der Waals surface area contributed by atoms with Crippen LogP contribution in [0.3, 0.4) is 0 Å².